The smallest absolute Gasteiger partial charge is 0.0935 e. The Labute approximate surface area is 115 Å². The molecule has 0 spiro atoms. The first-order valence-corrected chi connectivity index (χ1v) is 7.60. The molecule has 0 fully saturated rings. The van der Waals surface area contributed by atoms with Gasteiger partial charge in [-0.1, -0.05) is 60.1 Å². The highest BCUT2D eigenvalue weighted by atomic mass is 79.9. The number of aromatic nitrogens is 1. The first kappa shape index (κ1) is 12.8. The van der Waals surface area contributed by atoms with E-state index in [9.17, 15) is 0 Å². The van der Waals surface area contributed by atoms with Gasteiger partial charge in [0.1, 0.15) is 0 Å². The minimum atomic E-state index is 0.534. The lowest BCUT2D eigenvalue weighted by molar-refractivity contribution is 0.579. The summed E-state index contributed by atoms with van der Waals surface area (Å²) in [7, 11) is 0. The number of rotatable bonds is 4. The van der Waals surface area contributed by atoms with Crippen LogP contribution in [0.25, 0.3) is 11.3 Å². The molecule has 90 valence electrons. The van der Waals surface area contributed by atoms with Crippen LogP contribution in [0, 0.1) is 5.92 Å². The molecule has 1 heterocycles. The van der Waals surface area contributed by atoms with Gasteiger partial charge in [0.05, 0.1) is 10.7 Å². The van der Waals surface area contributed by atoms with Crippen LogP contribution in [-0.4, -0.2) is 9.81 Å². The Bertz CT molecular complexity index is 464. The summed E-state index contributed by atoms with van der Waals surface area (Å²) in [4.78, 5) is 5.23. The summed E-state index contributed by atoms with van der Waals surface area (Å²) in [6.07, 6.45) is 1.05. The molecule has 1 nitrogen and oxygen atoms in total. The monoisotopic (exact) mass is 309 g/mol. The second-order valence-electron chi connectivity index (χ2n) is 4.35. The zero-order chi connectivity index (χ0) is 12.3. The molecular formula is C14H16BrNS. The second-order valence-corrected chi connectivity index (χ2v) is 6.74. The van der Waals surface area contributed by atoms with Crippen molar-refractivity contribution in [2.24, 2.45) is 5.92 Å². The number of nitrogens with zero attached hydrogens (tertiary/aromatic N) is 1. The molecule has 0 aliphatic rings. The standard InChI is InChI=1S/C14H16BrNS/c1-10(11(2)15)8-14-16-13(9-17-14)12-6-4-3-5-7-12/h3-7,9-11H,8H2,1-2H3. The van der Waals surface area contributed by atoms with Crippen molar-refractivity contribution in [1.82, 2.24) is 4.98 Å². The van der Waals surface area contributed by atoms with Crippen molar-refractivity contribution in [3.8, 4) is 11.3 Å². The molecule has 0 radical (unpaired) electrons. The summed E-state index contributed by atoms with van der Waals surface area (Å²) in [6, 6.07) is 10.4. The van der Waals surface area contributed by atoms with Crippen LogP contribution >= 0.6 is 27.3 Å². The van der Waals surface area contributed by atoms with Gasteiger partial charge in [-0.2, -0.15) is 0 Å². The maximum absolute atomic E-state index is 4.70. The van der Waals surface area contributed by atoms with Crippen molar-refractivity contribution in [3.05, 3.63) is 40.7 Å². The molecule has 17 heavy (non-hydrogen) atoms. The summed E-state index contributed by atoms with van der Waals surface area (Å²) >= 11 is 5.38. The van der Waals surface area contributed by atoms with Crippen LogP contribution in [-0.2, 0) is 6.42 Å². The molecule has 2 aromatic rings. The van der Waals surface area contributed by atoms with Gasteiger partial charge < -0.3 is 0 Å². The van der Waals surface area contributed by atoms with E-state index in [1.165, 1.54) is 10.6 Å². The Morgan fingerprint density at radius 2 is 1.94 bits per heavy atom. The van der Waals surface area contributed by atoms with Crippen molar-refractivity contribution in [1.29, 1.82) is 0 Å². The van der Waals surface area contributed by atoms with Gasteiger partial charge in [0.15, 0.2) is 0 Å². The topological polar surface area (TPSA) is 12.9 Å². The minimum absolute atomic E-state index is 0.534. The number of benzene rings is 1. The maximum atomic E-state index is 4.70. The fraction of sp³-hybridized carbons (Fsp3) is 0.357. The van der Waals surface area contributed by atoms with Gasteiger partial charge in [0.2, 0.25) is 0 Å². The summed E-state index contributed by atoms with van der Waals surface area (Å²) in [6.45, 7) is 4.44. The Hall–Kier alpha value is -0.670. The fourth-order valence-electron chi connectivity index (χ4n) is 1.58. The lowest BCUT2D eigenvalue weighted by atomic mass is 10.1. The lowest BCUT2D eigenvalue weighted by Gasteiger charge is -2.11. The van der Waals surface area contributed by atoms with Crippen LogP contribution < -0.4 is 0 Å². The zero-order valence-electron chi connectivity index (χ0n) is 10.1. The van der Waals surface area contributed by atoms with E-state index in [0.29, 0.717) is 10.7 Å². The number of thiazole rings is 1. The van der Waals surface area contributed by atoms with Gasteiger partial charge in [-0.25, -0.2) is 4.98 Å². The normalized spacial score (nSPS) is 14.5. The van der Waals surface area contributed by atoms with Crippen molar-refractivity contribution in [2.75, 3.05) is 0 Å². The molecule has 0 bridgehead atoms. The van der Waals surface area contributed by atoms with E-state index in [0.717, 1.165) is 12.1 Å². The number of hydrogen-bond acceptors (Lipinski definition) is 2. The molecule has 2 unspecified atom stereocenters. The highest BCUT2D eigenvalue weighted by molar-refractivity contribution is 9.09. The second kappa shape index (κ2) is 5.78. The molecule has 1 aromatic heterocycles. The average Bonchev–Trinajstić information content (AvgIpc) is 2.78. The third-order valence-electron chi connectivity index (χ3n) is 2.90. The van der Waals surface area contributed by atoms with E-state index < -0.39 is 0 Å². The van der Waals surface area contributed by atoms with Crippen molar-refractivity contribution < 1.29 is 0 Å². The van der Waals surface area contributed by atoms with E-state index in [1.54, 1.807) is 11.3 Å². The molecule has 1 aromatic carbocycles. The van der Waals surface area contributed by atoms with Crippen LogP contribution in [0.3, 0.4) is 0 Å². The molecule has 0 N–H and O–H groups in total. The van der Waals surface area contributed by atoms with Gasteiger partial charge in [0.25, 0.3) is 0 Å². The molecule has 0 aliphatic carbocycles. The third kappa shape index (κ3) is 3.39. The number of alkyl halides is 1. The van der Waals surface area contributed by atoms with Gasteiger partial charge >= 0.3 is 0 Å². The van der Waals surface area contributed by atoms with Crippen molar-refractivity contribution in [3.63, 3.8) is 0 Å². The molecule has 0 saturated heterocycles. The first-order chi connectivity index (χ1) is 8.16. The van der Waals surface area contributed by atoms with E-state index in [-0.39, 0.29) is 0 Å². The molecule has 2 rings (SSSR count). The number of hydrogen-bond donors (Lipinski definition) is 0. The molecular weight excluding hydrogens is 294 g/mol. The predicted molar refractivity (Wildman–Crippen MR) is 78.8 cm³/mol. The summed E-state index contributed by atoms with van der Waals surface area (Å²) in [5, 5.41) is 3.37. The minimum Gasteiger partial charge on any atom is -0.241 e. The summed E-state index contributed by atoms with van der Waals surface area (Å²) in [5.74, 6) is 0.616. The van der Waals surface area contributed by atoms with Crippen LogP contribution in [0.1, 0.15) is 18.9 Å². The largest absolute Gasteiger partial charge is 0.241 e. The van der Waals surface area contributed by atoms with Crippen LogP contribution in [0.5, 0.6) is 0 Å². The molecule has 3 heteroatoms. The highest BCUT2D eigenvalue weighted by Gasteiger charge is 2.12. The Morgan fingerprint density at radius 1 is 1.24 bits per heavy atom. The van der Waals surface area contributed by atoms with E-state index in [4.69, 9.17) is 4.98 Å². The van der Waals surface area contributed by atoms with E-state index in [2.05, 4.69) is 59.4 Å². The van der Waals surface area contributed by atoms with Crippen LogP contribution in [0.15, 0.2) is 35.7 Å². The van der Waals surface area contributed by atoms with E-state index >= 15 is 0 Å². The van der Waals surface area contributed by atoms with Crippen molar-refractivity contribution in [2.45, 2.75) is 25.1 Å². The summed E-state index contributed by atoms with van der Waals surface area (Å²) in [5.41, 5.74) is 2.30. The average molecular weight is 310 g/mol. The van der Waals surface area contributed by atoms with Crippen LogP contribution in [0.2, 0.25) is 0 Å². The quantitative estimate of drug-likeness (QED) is 0.741. The first-order valence-electron chi connectivity index (χ1n) is 5.80. The molecule has 2 atom stereocenters. The van der Waals surface area contributed by atoms with Gasteiger partial charge in [-0.3, -0.25) is 0 Å². The lowest BCUT2D eigenvalue weighted by Crippen LogP contribution is -2.09. The Balaban J connectivity index is 2.12. The Morgan fingerprint density at radius 3 is 2.59 bits per heavy atom. The summed E-state index contributed by atoms with van der Waals surface area (Å²) < 4.78 is 0. The van der Waals surface area contributed by atoms with Gasteiger partial charge in [0, 0.05) is 22.2 Å². The third-order valence-corrected chi connectivity index (χ3v) is 4.68. The van der Waals surface area contributed by atoms with E-state index in [1.807, 2.05) is 6.07 Å². The molecule has 0 aliphatic heterocycles. The van der Waals surface area contributed by atoms with Gasteiger partial charge in [-0.05, 0) is 5.92 Å². The fourth-order valence-corrected chi connectivity index (χ4v) is 2.72. The SMILES string of the molecule is CC(Br)C(C)Cc1nc(-c2ccccc2)cs1. The molecule has 0 amide bonds. The number of halogens is 1. The van der Waals surface area contributed by atoms with Gasteiger partial charge in [-0.15, -0.1) is 11.3 Å². The highest BCUT2D eigenvalue weighted by Crippen LogP contribution is 2.25. The predicted octanol–water partition coefficient (Wildman–Crippen LogP) is 4.77. The van der Waals surface area contributed by atoms with Crippen LogP contribution in [0.4, 0.5) is 0 Å². The molecule has 0 saturated carbocycles. The zero-order valence-corrected chi connectivity index (χ0v) is 12.5. The maximum Gasteiger partial charge on any atom is 0.0935 e. The Kier molecular flexibility index (Phi) is 4.35. The van der Waals surface area contributed by atoms with Crippen molar-refractivity contribution >= 4 is 27.3 Å².